The Balaban J connectivity index is 2.48. The number of aromatic nitrogens is 1. The van der Waals surface area contributed by atoms with Crippen molar-refractivity contribution in [3.8, 4) is 16.9 Å². The van der Waals surface area contributed by atoms with E-state index in [2.05, 4.69) is 4.98 Å². The average molecular weight is 231 g/mol. The molecule has 3 nitrogen and oxygen atoms in total. The van der Waals surface area contributed by atoms with Crippen LogP contribution in [0.4, 0.5) is 4.39 Å². The summed E-state index contributed by atoms with van der Waals surface area (Å²) in [6.07, 6.45) is 2.10. The van der Waals surface area contributed by atoms with E-state index in [1.54, 1.807) is 30.3 Å². The van der Waals surface area contributed by atoms with Crippen LogP contribution in [0, 0.1) is 5.82 Å². The van der Waals surface area contributed by atoms with E-state index in [4.69, 9.17) is 4.74 Å². The van der Waals surface area contributed by atoms with Gasteiger partial charge in [-0.1, -0.05) is 18.2 Å². The lowest BCUT2D eigenvalue weighted by molar-refractivity contribution is 0.111. The van der Waals surface area contributed by atoms with E-state index in [-0.39, 0.29) is 5.75 Å². The summed E-state index contributed by atoms with van der Waals surface area (Å²) in [5.41, 5.74) is 1.32. The summed E-state index contributed by atoms with van der Waals surface area (Å²) < 4.78 is 18.8. The van der Waals surface area contributed by atoms with E-state index < -0.39 is 5.82 Å². The number of carbonyl (C=O) groups is 1. The Morgan fingerprint density at radius 2 is 2.12 bits per heavy atom. The number of benzene rings is 1. The summed E-state index contributed by atoms with van der Waals surface area (Å²) in [6.45, 7) is 0. The van der Waals surface area contributed by atoms with Crippen molar-refractivity contribution in [2.24, 2.45) is 0 Å². The molecule has 0 saturated heterocycles. The van der Waals surface area contributed by atoms with Crippen LogP contribution in [-0.4, -0.2) is 18.4 Å². The molecule has 0 radical (unpaired) electrons. The van der Waals surface area contributed by atoms with E-state index in [1.807, 2.05) is 0 Å². The highest BCUT2D eigenvalue weighted by Gasteiger charge is 2.10. The molecule has 2 rings (SSSR count). The fourth-order valence-corrected chi connectivity index (χ4v) is 1.53. The molecule has 1 aromatic carbocycles. The Labute approximate surface area is 97.9 Å². The van der Waals surface area contributed by atoms with Gasteiger partial charge in [-0.05, 0) is 12.1 Å². The zero-order valence-electron chi connectivity index (χ0n) is 9.18. The minimum absolute atomic E-state index is 0.182. The Kier molecular flexibility index (Phi) is 3.14. The lowest BCUT2D eigenvalue weighted by Crippen LogP contribution is -1.92. The molecule has 0 amide bonds. The first-order valence-corrected chi connectivity index (χ1v) is 5.00. The van der Waals surface area contributed by atoms with Gasteiger partial charge >= 0.3 is 0 Å². The number of rotatable bonds is 3. The van der Waals surface area contributed by atoms with E-state index in [1.165, 1.54) is 13.3 Å². The maximum Gasteiger partial charge on any atom is 0.172 e. The van der Waals surface area contributed by atoms with Gasteiger partial charge in [0.25, 0.3) is 0 Å². The summed E-state index contributed by atoms with van der Waals surface area (Å²) >= 11 is 0. The van der Waals surface area contributed by atoms with E-state index in [9.17, 15) is 9.18 Å². The lowest BCUT2D eigenvalue weighted by atomic mass is 10.1. The molecule has 17 heavy (non-hydrogen) atoms. The minimum Gasteiger partial charge on any atom is -0.494 e. The number of aldehydes is 1. The zero-order valence-corrected chi connectivity index (χ0v) is 9.18. The van der Waals surface area contributed by atoms with Crippen molar-refractivity contribution in [2.75, 3.05) is 7.11 Å². The number of hydrogen-bond acceptors (Lipinski definition) is 3. The third-order valence-corrected chi connectivity index (χ3v) is 2.40. The van der Waals surface area contributed by atoms with Gasteiger partial charge in [0.15, 0.2) is 17.9 Å². The Hall–Kier alpha value is -2.23. The first-order valence-electron chi connectivity index (χ1n) is 5.00. The summed E-state index contributed by atoms with van der Waals surface area (Å²) in [5, 5.41) is 0. The second-order valence-electron chi connectivity index (χ2n) is 3.41. The number of ether oxygens (including phenoxy) is 1. The fourth-order valence-electron chi connectivity index (χ4n) is 1.53. The predicted molar refractivity (Wildman–Crippen MR) is 61.6 cm³/mol. The van der Waals surface area contributed by atoms with Gasteiger partial charge in [0.2, 0.25) is 0 Å². The smallest absolute Gasteiger partial charge is 0.172 e. The van der Waals surface area contributed by atoms with Crippen molar-refractivity contribution in [2.45, 2.75) is 0 Å². The van der Waals surface area contributed by atoms with Crippen molar-refractivity contribution in [1.82, 2.24) is 4.98 Å². The molecular weight excluding hydrogens is 221 g/mol. The fraction of sp³-hybridized carbons (Fsp3) is 0.0769. The average Bonchev–Trinajstić information content (AvgIpc) is 2.39. The van der Waals surface area contributed by atoms with E-state index >= 15 is 0 Å². The molecule has 0 aliphatic rings. The van der Waals surface area contributed by atoms with Gasteiger partial charge in [0.05, 0.1) is 7.11 Å². The van der Waals surface area contributed by atoms with Crippen LogP contribution in [-0.2, 0) is 0 Å². The van der Waals surface area contributed by atoms with Crippen molar-refractivity contribution < 1.29 is 13.9 Å². The number of halogens is 1. The maximum absolute atomic E-state index is 13.9. The van der Waals surface area contributed by atoms with Crippen molar-refractivity contribution >= 4 is 6.29 Å². The SMILES string of the molecule is COc1cccc(-c2ccc(C=O)nc2)c1F. The van der Waals surface area contributed by atoms with E-state index in [0.717, 1.165) is 0 Å². The molecule has 4 heteroatoms. The molecule has 0 atom stereocenters. The Morgan fingerprint density at radius 1 is 1.29 bits per heavy atom. The Morgan fingerprint density at radius 3 is 2.71 bits per heavy atom. The summed E-state index contributed by atoms with van der Waals surface area (Å²) in [4.78, 5) is 14.4. The molecule has 1 aromatic heterocycles. The second-order valence-corrected chi connectivity index (χ2v) is 3.41. The quantitative estimate of drug-likeness (QED) is 0.762. The van der Waals surface area contributed by atoms with Gasteiger partial charge in [0.1, 0.15) is 5.69 Å². The molecule has 0 unspecified atom stereocenters. The zero-order chi connectivity index (χ0) is 12.3. The molecule has 0 aliphatic carbocycles. The van der Waals surface area contributed by atoms with Crippen LogP contribution >= 0.6 is 0 Å². The molecular formula is C13H10FNO2. The van der Waals surface area contributed by atoms with Crippen LogP contribution in [0.15, 0.2) is 36.5 Å². The molecule has 0 N–H and O–H groups in total. The van der Waals surface area contributed by atoms with Crippen LogP contribution < -0.4 is 4.74 Å². The van der Waals surface area contributed by atoms with Crippen molar-refractivity contribution in [3.63, 3.8) is 0 Å². The summed E-state index contributed by atoms with van der Waals surface area (Å²) in [5.74, 6) is -0.252. The highest BCUT2D eigenvalue weighted by Crippen LogP contribution is 2.28. The van der Waals surface area contributed by atoms with Crippen LogP contribution in [0.5, 0.6) is 5.75 Å². The molecule has 2 aromatic rings. The summed E-state index contributed by atoms with van der Waals surface area (Å²) in [7, 11) is 1.41. The van der Waals surface area contributed by atoms with Crippen LogP contribution in [0.25, 0.3) is 11.1 Å². The van der Waals surface area contributed by atoms with Crippen molar-refractivity contribution in [1.29, 1.82) is 0 Å². The second kappa shape index (κ2) is 4.74. The van der Waals surface area contributed by atoms with Crippen LogP contribution in [0.3, 0.4) is 0 Å². The normalized spacial score (nSPS) is 10.0. The number of methoxy groups -OCH3 is 1. The highest BCUT2D eigenvalue weighted by atomic mass is 19.1. The van der Waals surface area contributed by atoms with Crippen LogP contribution in [0.1, 0.15) is 10.5 Å². The predicted octanol–water partition coefficient (Wildman–Crippen LogP) is 2.71. The van der Waals surface area contributed by atoms with Gasteiger partial charge < -0.3 is 4.74 Å². The van der Waals surface area contributed by atoms with Gasteiger partial charge in [-0.25, -0.2) is 4.39 Å². The topological polar surface area (TPSA) is 39.2 Å². The number of hydrogen-bond donors (Lipinski definition) is 0. The maximum atomic E-state index is 13.9. The number of nitrogens with zero attached hydrogens (tertiary/aromatic N) is 1. The molecule has 0 aliphatic heterocycles. The monoisotopic (exact) mass is 231 g/mol. The summed E-state index contributed by atoms with van der Waals surface area (Å²) in [6, 6.07) is 8.07. The van der Waals surface area contributed by atoms with Crippen LogP contribution in [0.2, 0.25) is 0 Å². The van der Waals surface area contributed by atoms with Crippen molar-refractivity contribution in [3.05, 3.63) is 48.0 Å². The standard InChI is InChI=1S/C13H10FNO2/c1-17-12-4-2-3-11(13(12)14)9-5-6-10(8-16)15-7-9/h2-8H,1H3. The van der Waals surface area contributed by atoms with Gasteiger partial charge in [0, 0.05) is 17.3 Å². The minimum atomic E-state index is -0.435. The largest absolute Gasteiger partial charge is 0.494 e. The highest BCUT2D eigenvalue weighted by molar-refractivity contribution is 5.73. The molecule has 0 spiro atoms. The van der Waals surface area contributed by atoms with E-state index in [0.29, 0.717) is 23.1 Å². The van der Waals surface area contributed by atoms with Gasteiger partial charge in [-0.3, -0.25) is 9.78 Å². The molecule has 86 valence electrons. The molecule has 0 fully saturated rings. The first kappa shape index (κ1) is 11.3. The first-order chi connectivity index (χ1) is 8.26. The molecule has 0 bridgehead atoms. The lowest BCUT2D eigenvalue weighted by Gasteiger charge is -2.07. The number of pyridine rings is 1. The third-order valence-electron chi connectivity index (χ3n) is 2.40. The number of carbonyl (C=O) groups excluding carboxylic acids is 1. The molecule has 1 heterocycles. The van der Waals surface area contributed by atoms with Gasteiger partial charge in [-0.2, -0.15) is 0 Å². The Bertz CT molecular complexity index is 538. The molecule has 0 saturated carbocycles. The third kappa shape index (κ3) is 2.15. The van der Waals surface area contributed by atoms with Gasteiger partial charge in [-0.15, -0.1) is 0 Å².